The second kappa shape index (κ2) is 9.23. The number of nitrogens with one attached hydrogen (secondary N) is 1. The molecule has 27 heavy (non-hydrogen) atoms. The Morgan fingerprint density at radius 1 is 1.11 bits per heavy atom. The van der Waals surface area contributed by atoms with Crippen LogP contribution in [0.2, 0.25) is 0 Å². The normalized spacial score (nSPS) is 14.7. The van der Waals surface area contributed by atoms with Crippen molar-refractivity contribution in [1.82, 2.24) is 14.8 Å². The number of nitrogens with zero attached hydrogens (tertiary/aromatic N) is 3. The highest BCUT2D eigenvalue weighted by atomic mass is 16.5. The van der Waals surface area contributed by atoms with Crippen molar-refractivity contribution in [3.05, 3.63) is 48.3 Å². The third-order valence-corrected chi connectivity index (χ3v) is 4.53. The van der Waals surface area contributed by atoms with Gasteiger partial charge < -0.3 is 24.6 Å². The first-order valence-electron chi connectivity index (χ1n) is 9.10. The molecule has 0 saturated carbocycles. The van der Waals surface area contributed by atoms with Crippen molar-refractivity contribution in [2.45, 2.75) is 0 Å². The van der Waals surface area contributed by atoms with E-state index < -0.39 is 0 Å². The SMILES string of the molecule is COc1ccc(OCCNc2ccnc(C(=O)N3CCN(C)CC3)c2)cc1. The highest BCUT2D eigenvalue weighted by Crippen LogP contribution is 2.17. The van der Waals surface area contributed by atoms with Crippen LogP contribution in [0.25, 0.3) is 0 Å². The highest BCUT2D eigenvalue weighted by molar-refractivity contribution is 5.93. The van der Waals surface area contributed by atoms with E-state index in [-0.39, 0.29) is 5.91 Å². The smallest absolute Gasteiger partial charge is 0.272 e. The molecule has 7 nitrogen and oxygen atoms in total. The van der Waals surface area contributed by atoms with Crippen LogP contribution < -0.4 is 14.8 Å². The van der Waals surface area contributed by atoms with Crippen molar-refractivity contribution in [3.63, 3.8) is 0 Å². The van der Waals surface area contributed by atoms with Gasteiger partial charge in [0.1, 0.15) is 23.8 Å². The summed E-state index contributed by atoms with van der Waals surface area (Å²) in [6, 6.07) is 11.1. The molecule has 0 atom stereocenters. The van der Waals surface area contributed by atoms with Crippen molar-refractivity contribution >= 4 is 11.6 Å². The van der Waals surface area contributed by atoms with E-state index in [9.17, 15) is 4.79 Å². The Morgan fingerprint density at radius 2 is 1.81 bits per heavy atom. The Kier molecular flexibility index (Phi) is 6.49. The molecule has 0 unspecified atom stereocenters. The Bertz CT molecular complexity index is 743. The van der Waals surface area contributed by atoms with E-state index in [0.29, 0.717) is 18.8 Å². The van der Waals surface area contributed by atoms with Gasteiger partial charge in [-0.25, -0.2) is 0 Å². The van der Waals surface area contributed by atoms with Gasteiger partial charge in [-0.1, -0.05) is 0 Å². The fourth-order valence-corrected chi connectivity index (χ4v) is 2.87. The first kappa shape index (κ1) is 19.0. The zero-order chi connectivity index (χ0) is 19.1. The molecule has 144 valence electrons. The fourth-order valence-electron chi connectivity index (χ4n) is 2.87. The van der Waals surface area contributed by atoms with Gasteiger partial charge in [-0.05, 0) is 43.4 Å². The maximum Gasteiger partial charge on any atom is 0.272 e. The largest absolute Gasteiger partial charge is 0.497 e. The van der Waals surface area contributed by atoms with Gasteiger partial charge in [0.25, 0.3) is 5.91 Å². The summed E-state index contributed by atoms with van der Waals surface area (Å²) in [5.74, 6) is 1.58. The van der Waals surface area contributed by atoms with Crippen LogP contribution in [0.5, 0.6) is 11.5 Å². The van der Waals surface area contributed by atoms with Crippen LogP contribution in [-0.4, -0.2) is 74.2 Å². The number of carbonyl (C=O) groups is 1. The predicted octanol–water partition coefficient (Wildman–Crippen LogP) is 1.97. The Morgan fingerprint density at radius 3 is 2.52 bits per heavy atom. The minimum atomic E-state index is -0.0127. The van der Waals surface area contributed by atoms with Gasteiger partial charge >= 0.3 is 0 Å². The van der Waals surface area contributed by atoms with E-state index in [4.69, 9.17) is 9.47 Å². The molecule has 7 heteroatoms. The molecule has 2 heterocycles. The van der Waals surface area contributed by atoms with Crippen LogP contribution in [0.3, 0.4) is 0 Å². The first-order chi connectivity index (χ1) is 13.2. The number of amides is 1. The molecule has 1 amide bonds. The lowest BCUT2D eigenvalue weighted by Gasteiger charge is -2.32. The molecular weight excluding hydrogens is 344 g/mol. The van der Waals surface area contributed by atoms with Crippen molar-refractivity contribution in [2.24, 2.45) is 0 Å². The number of hydrogen-bond acceptors (Lipinski definition) is 6. The number of carbonyl (C=O) groups excluding carboxylic acids is 1. The summed E-state index contributed by atoms with van der Waals surface area (Å²) in [5.41, 5.74) is 1.33. The second-order valence-corrected chi connectivity index (χ2v) is 6.48. The minimum Gasteiger partial charge on any atom is -0.497 e. The summed E-state index contributed by atoms with van der Waals surface area (Å²) in [7, 11) is 3.70. The summed E-state index contributed by atoms with van der Waals surface area (Å²) >= 11 is 0. The zero-order valence-electron chi connectivity index (χ0n) is 15.9. The van der Waals surface area contributed by atoms with E-state index in [2.05, 4.69) is 22.2 Å². The van der Waals surface area contributed by atoms with Crippen LogP contribution in [-0.2, 0) is 0 Å². The third kappa shape index (κ3) is 5.34. The number of methoxy groups -OCH3 is 1. The monoisotopic (exact) mass is 370 g/mol. The molecule has 2 aromatic rings. The number of ether oxygens (including phenoxy) is 2. The summed E-state index contributed by atoms with van der Waals surface area (Å²) in [4.78, 5) is 20.9. The van der Waals surface area contributed by atoms with E-state index in [1.807, 2.05) is 35.2 Å². The highest BCUT2D eigenvalue weighted by Gasteiger charge is 2.21. The molecule has 1 aromatic carbocycles. The summed E-state index contributed by atoms with van der Waals surface area (Å²) in [5, 5.41) is 3.27. The average molecular weight is 370 g/mol. The third-order valence-electron chi connectivity index (χ3n) is 4.53. The molecule has 0 radical (unpaired) electrons. The molecule has 3 rings (SSSR count). The summed E-state index contributed by atoms with van der Waals surface area (Å²) in [6.45, 7) is 4.40. The average Bonchev–Trinajstić information content (AvgIpc) is 2.72. The lowest BCUT2D eigenvalue weighted by atomic mass is 10.2. The van der Waals surface area contributed by atoms with Gasteiger partial charge in [-0.15, -0.1) is 0 Å². The molecule has 1 saturated heterocycles. The second-order valence-electron chi connectivity index (χ2n) is 6.48. The van der Waals surface area contributed by atoms with Crippen LogP contribution in [0.15, 0.2) is 42.6 Å². The zero-order valence-corrected chi connectivity index (χ0v) is 15.9. The maximum atomic E-state index is 12.6. The molecule has 0 spiro atoms. The standard InChI is InChI=1S/C20H26N4O3/c1-23-10-12-24(13-11-23)20(25)19-15-16(7-8-22-19)21-9-14-27-18-5-3-17(26-2)4-6-18/h3-8,15H,9-14H2,1-2H3,(H,21,22). The van der Waals surface area contributed by atoms with E-state index in [1.54, 1.807) is 19.4 Å². The lowest BCUT2D eigenvalue weighted by Crippen LogP contribution is -2.47. The van der Waals surface area contributed by atoms with Gasteiger partial charge in [0.15, 0.2) is 0 Å². The van der Waals surface area contributed by atoms with Gasteiger partial charge in [0.2, 0.25) is 0 Å². The van der Waals surface area contributed by atoms with Gasteiger partial charge in [0, 0.05) is 44.6 Å². The number of rotatable bonds is 7. The molecule has 0 aliphatic carbocycles. The van der Waals surface area contributed by atoms with Crippen LogP contribution in [0.1, 0.15) is 10.5 Å². The number of anilines is 1. The molecule has 1 N–H and O–H groups in total. The predicted molar refractivity (Wildman–Crippen MR) is 105 cm³/mol. The molecule has 1 aromatic heterocycles. The van der Waals surface area contributed by atoms with Gasteiger partial charge in [-0.2, -0.15) is 0 Å². The maximum absolute atomic E-state index is 12.6. The van der Waals surface area contributed by atoms with Gasteiger partial charge in [0.05, 0.1) is 7.11 Å². The number of piperazine rings is 1. The van der Waals surface area contributed by atoms with E-state index in [0.717, 1.165) is 43.4 Å². The molecule has 1 aliphatic rings. The number of hydrogen-bond donors (Lipinski definition) is 1. The topological polar surface area (TPSA) is 66.9 Å². The van der Waals surface area contributed by atoms with Crippen molar-refractivity contribution < 1.29 is 14.3 Å². The Balaban J connectivity index is 1.47. The van der Waals surface area contributed by atoms with Gasteiger partial charge in [-0.3, -0.25) is 9.78 Å². The summed E-state index contributed by atoms with van der Waals surface area (Å²) in [6.07, 6.45) is 1.66. The fraction of sp³-hybridized carbons (Fsp3) is 0.400. The Hall–Kier alpha value is -2.80. The number of aromatic nitrogens is 1. The molecule has 1 aliphatic heterocycles. The van der Waals surface area contributed by atoms with Crippen molar-refractivity contribution in [1.29, 1.82) is 0 Å². The van der Waals surface area contributed by atoms with Crippen LogP contribution in [0.4, 0.5) is 5.69 Å². The van der Waals surface area contributed by atoms with Crippen LogP contribution >= 0.6 is 0 Å². The minimum absolute atomic E-state index is 0.0127. The van der Waals surface area contributed by atoms with Crippen LogP contribution in [0, 0.1) is 0 Å². The van der Waals surface area contributed by atoms with E-state index in [1.165, 1.54) is 0 Å². The molecule has 1 fully saturated rings. The van der Waals surface area contributed by atoms with Crippen molar-refractivity contribution in [3.8, 4) is 11.5 Å². The lowest BCUT2D eigenvalue weighted by molar-refractivity contribution is 0.0658. The molecular formula is C20H26N4O3. The first-order valence-corrected chi connectivity index (χ1v) is 9.10. The number of benzene rings is 1. The molecule has 0 bridgehead atoms. The number of pyridine rings is 1. The number of likely N-dealkylation sites (N-methyl/N-ethyl adjacent to an activating group) is 1. The van der Waals surface area contributed by atoms with E-state index >= 15 is 0 Å². The Labute approximate surface area is 159 Å². The quantitative estimate of drug-likeness (QED) is 0.752. The van der Waals surface area contributed by atoms with Crippen molar-refractivity contribution in [2.75, 3.05) is 58.8 Å². The summed E-state index contributed by atoms with van der Waals surface area (Å²) < 4.78 is 10.8.